The summed E-state index contributed by atoms with van der Waals surface area (Å²) in [6, 6.07) is 9.99. The van der Waals surface area contributed by atoms with Crippen LogP contribution in [0.3, 0.4) is 0 Å². The molecular formula is C21H25N5O2S. The molecule has 1 aliphatic heterocycles. The van der Waals surface area contributed by atoms with Crippen molar-refractivity contribution in [3.63, 3.8) is 0 Å². The Kier molecular flexibility index (Phi) is 6.21. The minimum atomic E-state index is 0.0357. The van der Waals surface area contributed by atoms with Crippen molar-refractivity contribution in [3.05, 3.63) is 47.6 Å². The maximum Gasteiger partial charge on any atom is 0.234 e. The predicted molar refractivity (Wildman–Crippen MR) is 116 cm³/mol. The molecule has 0 unspecified atom stereocenters. The van der Waals surface area contributed by atoms with Crippen LogP contribution >= 0.6 is 11.3 Å². The number of ether oxygens (including phenoxy) is 1. The number of thiophene rings is 1. The van der Waals surface area contributed by atoms with E-state index < -0.39 is 0 Å². The fraction of sp³-hybridized carbons (Fsp3) is 0.381. The maximum absolute atomic E-state index is 12.2. The third-order valence-corrected chi connectivity index (χ3v) is 5.78. The molecule has 7 nitrogen and oxygen atoms in total. The average molecular weight is 412 g/mol. The molecule has 0 bridgehead atoms. The lowest BCUT2D eigenvalue weighted by Crippen LogP contribution is -2.50. The van der Waals surface area contributed by atoms with Crippen LogP contribution in [-0.2, 0) is 4.79 Å². The average Bonchev–Trinajstić information content (AvgIpc) is 3.21. The van der Waals surface area contributed by atoms with Gasteiger partial charge in [-0.3, -0.25) is 9.69 Å². The highest BCUT2D eigenvalue weighted by atomic mass is 32.1. The van der Waals surface area contributed by atoms with Gasteiger partial charge in [-0.15, -0.1) is 11.3 Å². The Bertz CT molecular complexity index is 968. The first-order chi connectivity index (χ1) is 14.2. The molecule has 0 spiro atoms. The quantitative estimate of drug-likeness (QED) is 0.602. The molecule has 29 heavy (non-hydrogen) atoms. The van der Waals surface area contributed by atoms with Crippen molar-refractivity contribution >= 4 is 33.3 Å². The van der Waals surface area contributed by atoms with E-state index in [0.29, 0.717) is 19.7 Å². The first-order valence-electron chi connectivity index (χ1n) is 9.81. The van der Waals surface area contributed by atoms with E-state index in [2.05, 4.69) is 31.2 Å². The van der Waals surface area contributed by atoms with Gasteiger partial charge in [0, 0.05) is 26.2 Å². The van der Waals surface area contributed by atoms with E-state index >= 15 is 0 Å². The van der Waals surface area contributed by atoms with Gasteiger partial charge in [-0.2, -0.15) is 0 Å². The lowest BCUT2D eigenvalue weighted by atomic mass is 10.2. The van der Waals surface area contributed by atoms with Crippen molar-refractivity contribution in [3.8, 4) is 5.75 Å². The van der Waals surface area contributed by atoms with Gasteiger partial charge in [-0.25, -0.2) is 9.97 Å². The fourth-order valence-electron chi connectivity index (χ4n) is 3.47. The molecular weight excluding hydrogens is 386 g/mol. The van der Waals surface area contributed by atoms with Gasteiger partial charge < -0.3 is 15.0 Å². The summed E-state index contributed by atoms with van der Waals surface area (Å²) in [5.74, 6) is 1.86. The predicted octanol–water partition coefficient (Wildman–Crippen LogP) is 2.32. The van der Waals surface area contributed by atoms with Gasteiger partial charge in [0.05, 0.1) is 18.5 Å². The smallest absolute Gasteiger partial charge is 0.234 e. The van der Waals surface area contributed by atoms with E-state index in [4.69, 9.17) is 4.74 Å². The van der Waals surface area contributed by atoms with E-state index in [1.165, 1.54) is 0 Å². The second kappa shape index (κ2) is 9.19. The van der Waals surface area contributed by atoms with Crippen LogP contribution in [0.4, 0.5) is 5.82 Å². The Hall–Kier alpha value is -2.71. The number of aromatic nitrogens is 2. The molecule has 0 atom stereocenters. The third kappa shape index (κ3) is 5.02. The molecule has 3 heterocycles. The van der Waals surface area contributed by atoms with Crippen molar-refractivity contribution < 1.29 is 9.53 Å². The Morgan fingerprint density at radius 2 is 2.07 bits per heavy atom. The second-order valence-electron chi connectivity index (χ2n) is 7.11. The number of benzene rings is 1. The lowest BCUT2D eigenvalue weighted by Gasteiger charge is -2.35. The number of amides is 1. The summed E-state index contributed by atoms with van der Waals surface area (Å²) in [4.78, 5) is 26.5. The van der Waals surface area contributed by atoms with Crippen molar-refractivity contribution in [1.29, 1.82) is 0 Å². The number of carbonyl (C=O) groups is 1. The first kappa shape index (κ1) is 19.6. The normalized spacial score (nSPS) is 14.9. The second-order valence-corrected chi connectivity index (χ2v) is 8.01. The molecule has 2 aromatic heterocycles. The summed E-state index contributed by atoms with van der Waals surface area (Å²) in [6.07, 6.45) is 1.63. The number of aryl methyl sites for hydroxylation is 1. The van der Waals surface area contributed by atoms with Crippen LogP contribution in [-0.4, -0.2) is 66.7 Å². The number of anilines is 1. The number of carbonyl (C=O) groups excluding carboxylic acids is 1. The molecule has 1 N–H and O–H groups in total. The van der Waals surface area contributed by atoms with Crippen LogP contribution in [0.2, 0.25) is 0 Å². The van der Waals surface area contributed by atoms with Gasteiger partial charge in [0.2, 0.25) is 5.91 Å². The van der Waals surface area contributed by atoms with Crippen molar-refractivity contribution in [2.24, 2.45) is 0 Å². The molecule has 152 valence electrons. The third-order valence-electron chi connectivity index (χ3n) is 4.96. The standard InChI is InChI=1S/C21H25N5O2S/c1-16-3-2-4-17(13-16)28-11-6-22-19(27)14-25-7-9-26(10-8-25)20-18-5-12-29-21(18)24-15-23-20/h2-5,12-13,15H,6-11,14H2,1H3,(H,22,27). The van der Waals surface area contributed by atoms with Crippen LogP contribution in [0.5, 0.6) is 5.75 Å². The summed E-state index contributed by atoms with van der Waals surface area (Å²) in [5.41, 5.74) is 1.16. The highest BCUT2D eigenvalue weighted by Crippen LogP contribution is 2.27. The zero-order valence-corrected chi connectivity index (χ0v) is 17.3. The van der Waals surface area contributed by atoms with Crippen molar-refractivity contribution in [2.75, 3.05) is 50.8 Å². The van der Waals surface area contributed by atoms with Crippen LogP contribution in [0.15, 0.2) is 42.0 Å². The van der Waals surface area contributed by atoms with Gasteiger partial charge in [0.15, 0.2) is 0 Å². The number of nitrogens with zero attached hydrogens (tertiary/aromatic N) is 4. The molecule has 1 amide bonds. The lowest BCUT2D eigenvalue weighted by molar-refractivity contribution is -0.122. The fourth-order valence-corrected chi connectivity index (χ4v) is 4.20. The maximum atomic E-state index is 12.2. The Morgan fingerprint density at radius 1 is 1.21 bits per heavy atom. The van der Waals surface area contributed by atoms with Crippen LogP contribution in [0.25, 0.3) is 10.2 Å². The zero-order chi connectivity index (χ0) is 20.1. The monoisotopic (exact) mass is 411 g/mol. The molecule has 1 aliphatic rings. The molecule has 3 aromatic rings. The Labute approximate surface area is 174 Å². The summed E-state index contributed by atoms with van der Waals surface area (Å²) < 4.78 is 5.67. The minimum Gasteiger partial charge on any atom is -0.492 e. The minimum absolute atomic E-state index is 0.0357. The summed E-state index contributed by atoms with van der Waals surface area (Å²) in [5, 5.41) is 6.10. The van der Waals surface area contributed by atoms with Crippen LogP contribution in [0.1, 0.15) is 5.56 Å². The Morgan fingerprint density at radius 3 is 2.90 bits per heavy atom. The van der Waals surface area contributed by atoms with Crippen LogP contribution in [0, 0.1) is 6.92 Å². The molecule has 4 rings (SSSR count). The van der Waals surface area contributed by atoms with E-state index in [0.717, 1.165) is 53.5 Å². The van der Waals surface area contributed by atoms with Gasteiger partial charge >= 0.3 is 0 Å². The molecule has 8 heteroatoms. The molecule has 1 fully saturated rings. The number of rotatable bonds is 7. The largest absolute Gasteiger partial charge is 0.492 e. The van der Waals surface area contributed by atoms with E-state index in [1.54, 1.807) is 17.7 Å². The number of hydrogen-bond acceptors (Lipinski definition) is 7. The molecule has 0 saturated carbocycles. The van der Waals surface area contributed by atoms with Crippen molar-refractivity contribution in [2.45, 2.75) is 6.92 Å². The SMILES string of the molecule is Cc1cccc(OCCNC(=O)CN2CCN(c3ncnc4sccc34)CC2)c1. The van der Waals surface area contributed by atoms with Crippen LogP contribution < -0.4 is 15.0 Å². The van der Waals surface area contributed by atoms with E-state index in [1.807, 2.05) is 36.6 Å². The summed E-state index contributed by atoms with van der Waals surface area (Å²) in [7, 11) is 0. The number of hydrogen-bond donors (Lipinski definition) is 1. The highest BCUT2D eigenvalue weighted by molar-refractivity contribution is 7.16. The van der Waals surface area contributed by atoms with E-state index in [9.17, 15) is 4.79 Å². The number of fused-ring (bicyclic) bond motifs is 1. The topological polar surface area (TPSA) is 70.6 Å². The van der Waals surface area contributed by atoms with Gasteiger partial charge in [0.1, 0.15) is 29.3 Å². The molecule has 0 radical (unpaired) electrons. The van der Waals surface area contributed by atoms with Gasteiger partial charge in [-0.1, -0.05) is 12.1 Å². The number of nitrogens with one attached hydrogen (secondary N) is 1. The summed E-state index contributed by atoms with van der Waals surface area (Å²) in [6.45, 7) is 6.79. The Balaban J connectivity index is 1.18. The highest BCUT2D eigenvalue weighted by Gasteiger charge is 2.21. The van der Waals surface area contributed by atoms with Gasteiger partial charge in [-0.05, 0) is 36.1 Å². The first-order valence-corrected chi connectivity index (χ1v) is 10.7. The zero-order valence-electron chi connectivity index (χ0n) is 16.5. The van der Waals surface area contributed by atoms with Gasteiger partial charge in [0.25, 0.3) is 0 Å². The van der Waals surface area contributed by atoms with Crippen molar-refractivity contribution in [1.82, 2.24) is 20.2 Å². The summed E-state index contributed by atoms with van der Waals surface area (Å²) >= 11 is 1.63. The molecule has 0 aliphatic carbocycles. The number of piperazine rings is 1. The molecule has 1 aromatic carbocycles. The molecule has 1 saturated heterocycles. The van der Waals surface area contributed by atoms with E-state index in [-0.39, 0.29) is 5.91 Å².